The molecule has 2 atom stereocenters. The van der Waals surface area contributed by atoms with Crippen molar-refractivity contribution in [1.29, 1.82) is 0 Å². The molecule has 1 heteroatoms. The van der Waals surface area contributed by atoms with E-state index in [9.17, 15) is 0 Å². The minimum absolute atomic E-state index is 0.367. The molecule has 0 amide bonds. The maximum absolute atomic E-state index is 5.53. The number of hydrogen-bond acceptors (Lipinski definition) is 1. The Hall–Kier alpha value is -1.26. The van der Waals surface area contributed by atoms with Crippen LogP contribution in [0.3, 0.4) is 0 Å². The van der Waals surface area contributed by atoms with Crippen molar-refractivity contribution in [3.63, 3.8) is 0 Å². The van der Waals surface area contributed by atoms with Crippen molar-refractivity contribution in [3.8, 4) is 12.3 Å². The number of nitrogens with zero attached hydrogens (tertiary/aromatic N) is 1. The van der Waals surface area contributed by atoms with Crippen LogP contribution in [0, 0.1) is 18.3 Å². The van der Waals surface area contributed by atoms with Crippen LogP contribution in [0.1, 0.15) is 25.3 Å². The summed E-state index contributed by atoms with van der Waals surface area (Å²) < 4.78 is 0. The molecule has 0 radical (unpaired) electrons. The Balaban J connectivity index is 2.02. The predicted octanol–water partition coefficient (Wildman–Crippen LogP) is 2.92. The Kier molecular flexibility index (Phi) is 3.64. The summed E-state index contributed by atoms with van der Waals surface area (Å²) in [6.07, 6.45) is 8.06. The zero-order valence-corrected chi connectivity index (χ0v) is 9.89. The molecule has 1 nitrogen and oxygen atoms in total. The molecule has 0 bridgehead atoms. The maximum atomic E-state index is 5.53. The largest absolute Gasteiger partial charge is 0.295 e. The minimum atomic E-state index is 0.367. The first-order valence-corrected chi connectivity index (χ1v) is 6.05. The van der Waals surface area contributed by atoms with Crippen molar-refractivity contribution in [1.82, 2.24) is 4.90 Å². The molecule has 0 saturated carbocycles. The molecule has 84 valence electrons. The van der Waals surface area contributed by atoms with Crippen molar-refractivity contribution >= 4 is 0 Å². The van der Waals surface area contributed by atoms with Crippen LogP contribution < -0.4 is 0 Å². The average molecular weight is 213 g/mol. The van der Waals surface area contributed by atoms with Crippen LogP contribution in [0.2, 0.25) is 0 Å². The molecule has 1 fully saturated rings. The number of rotatable bonds is 3. The van der Waals surface area contributed by atoms with E-state index in [2.05, 4.69) is 48.1 Å². The quantitative estimate of drug-likeness (QED) is 0.698. The summed E-state index contributed by atoms with van der Waals surface area (Å²) in [6.45, 7) is 4.39. The van der Waals surface area contributed by atoms with Crippen LogP contribution in [-0.4, -0.2) is 17.5 Å². The lowest BCUT2D eigenvalue weighted by Gasteiger charge is -2.26. The summed E-state index contributed by atoms with van der Waals surface area (Å²) in [7, 11) is 0. The molecule has 0 spiro atoms. The van der Waals surface area contributed by atoms with Gasteiger partial charge >= 0.3 is 0 Å². The molecule has 0 aromatic heterocycles. The van der Waals surface area contributed by atoms with Crippen LogP contribution in [0.25, 0.3) is 0 Å². The highest BCUT2D eigenvalue weighted by molar-refractivity contribution is 5.15. The van der Waals surface area contributed by atoms with Gasteiger partial charge in [0.1, 0.15) is 0 Å². The van der Waals surface area contributed by atoms with Crippen molar-refractivity contribution in [2.75, 3.05) is 6.54 Å². The van der Waals surface area contributed by atoms with Gasteiger partial charge in [-0.05, 0) is 31.9 Å². The second-order valence-electron chi connectivity index (χ2n) is 4.62. The van der Waals surface area contributed by atoms with Crippen LogP contribution in [-0.2, 0) is 6.54 Å². The van der Waals surface area contributed by atoms with Gasteiger partial charge in [0, 0.05) is 18.5 Å². The van der Waals surface area contributed by atoms with E-state index in [4.69, 9.17) is 6.42 Å². The summed E-state index contributed by atoms with van der Waals surface area (Å²) in [6, 6.07) is 11.2. The fourth-order valence-corrected chi connectivity index (χ4v) is 2.54. The number of hydrogen-bond donors (Lipinski definition) is 0. The molecular weight excluding hydrogens is 194 g/mol. The molecule has 1 heterocycles. The SMILES string of the molecule is C#C[C@@H](C)[C@@H]1CCCN1Cc1ccccc1. The third-order valence-corrected chi connectivity index (χ3v) is 3.48. The first-order chi connectivity index (χ1) is 7.81. The van der Waals surface area contributed by atoms with E-state index in [0.29, 0.717) is 12.0 Å². The van der Waals surface area contributed by atoms with E-state index < -0.39 is 0 Å². The Morgan fingerprint density at radius 2 is 2.19 bits per heavy atom. The second-order valence-corrected chi connectivity index (χ2v) is 4.62. The molecule has 1 aromatic rings. The summed E-state index contributed by atoms with van der Waals surface area (Å²) in [5.41, 5.74) is 1.39. The molecule has 1 aliphatic rings. The van der Waals surface area contributed by atoms with Gasteiger partial charge in [-0.3, -0.25) is 4.90 Å². The lowest BCUT2D eigenvalue weighted by Crippen LogP contribution is -2.33. The maximum Gasteiger partial charge on any atom is 0.0327 e. The van der Waals surface area contributed by atoms with Gasteiger partial charge in [-0.25, -0.2) is 0 Å². The molecule has 1 aromatic carbocycles. The van der Waals surface area contributed by atoms with Gasteiger partial charge in [-0.1, -0.05) is 30.3 Å². The highest BCUT2D eigenvalue weighted by Crippen LogP contribution is 2.25. The van der Waals surface area contributed by atoms with Crippen molar-refractivity contribution < 1.29 is 0 Å². The van der Waals surface area contributed by atoms with Crippen molar-refractivity contribution in [3.05, 3.63) is 35.9 Å². The molecule has 2 rings (SSSR count). The normalized spacial score (nSPS) is 22.9. The Bertz CT molecular complexity index is 363. The number of benzene rings is 1. The predicted molar refractivity (Wildman–Crippen MR) is 67.9 cm³/mol. The summed E-state index contributed by atoms with van der Waals surface area (Å²) in [5, 5.41) is 0. The zero-order valence-electron chi connectivity index (χ0n) is 9.89. The van der Waals surface area contributed by atoms with Crippen molar-refractivity contribution in [2.24, 2.45) is 5.92 Å². The van der Waals surface area contributed by atoms with E-state index in [-0.39, 0.29) is 0 Å². The van der Waals surface area contributed by atoms with E-state index in [1.165, 1.54) is 24.9 Å². The average Bonchev–Trinajstić information content (AvgIpc) is 2.77. The molecule has 1 aliphatic heterocycles. The van der Waals surface area contributed by atoms with Crippen LogP contribution in [0.4, 0.5) is 0 Å². The van der Waals surface area contributed by atoms with Crippen LogP contribution >= 0.6 is 0 Å². The number of terminal acetylenes is 1. The van der Waals surface area contributed by atoms with Gasteiger partial charge in [-0.2, -0.15) is 0 Å². The lowest BCUT2D eigenvalue weighted by molar-refractivity contribution is 0.214. The van der Waals surface area contributed by atoms with Crippen LogP contribution in [0.15, 0.2) is 30.3 Å². The Morgan fingerprint density at radius 1 is 1.44 bits per heavy atom. The Morgan fingerprint density at radius 3 is 2.88 bits per heavy atom. The van der Waals surface area contributed by atoms with Gasteiger partial charge < -0.3 is 0 Å². The first-order valence-electron chi connectivity index (χ1n) is 6.05. The Labute approximate surface area is 98.5 Å². The fourth-order valence-electron chi connectivity index (χ4n) is 2.54. The smallest absolute Gasteiger partial charge is 0.0327 e. The number of likely N-dealkylation sites (tertiary alicyclic amines) is 1. The minimum Gasteiger partial charge on any atom is -0.295 e. The molecule has 1 saturated heterocycles. The van der Waals surface area contributed by atoms with E-state index in [1.807, 2.05) is 0 Å². The molecule has 0 aliphatic carbocycles. The molecule has 0 unspecified atom stereocenters. The third kappa shape index (κ3) is 2.46. The monoisotopic (exact) mass is 213 g/mol. The van der Waals surface area contributed by atoms with Gasteiger partial charge in [-0.15, -0.1) is 12.3 Å². The van der Waals surface area contributed by atoms with Gasteiger partial charge in [0.05, 0.1) is 0 Å². The van der Waals surface area contributed by atoms with E-state index in [1.54, 1.807) is 0 Å². The summed E-state index contributed by atoms with van der Waals surface area (Å²) in [4.78, 5) is 2.53. The second kappa shape index (κ2) is 5.18. The molecule has 0 N–H and O–H groups in total. The van der Waals surface area contributed by atoms with Crippen LogP contribution in [0.5, 0.6) is 0 Å². The highest BCUT2D eigenvalue weighted by Gasteiger charge is 2.27. The third-order valence-electron chi connectivity index (χ3n) is 3.48. The summed E-state index contributed by atoms with van der Waals surface area (Å²) in [5.74, 6) is 3.25. The fraction of sp³-hybridized carbons (Fsp3) is 0.467. The highest BCUT2D eigenvalue weighted by atomic mass is 15.2. The van der Waals surface area contributed by atoms with E-state index in [0.717, 1.165) is 6.54 Å². The van der Waals surface area contributed by atoms with Gasteiger partial charge in [0.25, 0.3) is 0 Å². The topological polar surface area (TPSA) is 3.24 Å². The molecule has 16 heavy (non-hydrogen) atoms. The zero-order chi connectivity index (χ0) is 11.4. The first kappa shape index (κ1) is 11.2. The van der Waals surface area contributed by atoms with Gasteiger partial charge in [0.15, 0.2) is 0 Å². The van der Waals surface area contributed by atoms with Crippen molar-refractivity contribution in [2.45, 2.75) is 32.4 Å². The lowest BCUT2D eigenvalue weighted by atomic mass is 10.0. The summed E-state index contributed by atoms with van der Waals surface area (Å²) >= 11 is 0. The molecular formula is C15H19N. The van der Waals surface area contributed by atoms with E-state index >= 15 is 0 Å². The van der Waals surface area contributed by atoms with Gasteiger partial charge in [0.2, 0.25) is 0 Å². The standard InChI is InChI=1S/C15H19N/c1-3-13(2)15-10-7-11-16(15)12-14-8-5-4-6-9-14/h1,4-6,8-9,13,15H,7,10-12H2,2H3/t13-,15+/m1/s1.